The van der Waals surface area contributed by atoms with E-state index >= 15 is 0 Å². The van der Waals surface area contributed by atoms with Gasteiger partial charge in [-0.3, -0.25) is 9.80 Å². The van der Waals surface area contributed by atoms with Crippen LogP contribution in [0.25, 0.3) is 0 Å². The maximum Gasteiger partial charge on any atom is 0.253 e. The highest BCUT2D eigenvalue weighted by Crippen LogP contribution is 2.25. The first-order valence-electron chi connectivity index (χ1n) is 5.06. The van der Waals surface area contributed by atoms with Gasteiger partial charge in [-0.25, -0.2) is 5.84 Å². The van der Waals surface area contributed by atoms with E-state index in [4.69, 9.17) is 16.3 Å². The summed E-state index contributed by atoms with van der Waals surface area (Å²) in [6.07, 6.45) is 0.433. The minimum Gasteiger partial charge on any atom is -0.496 e. The Bertz CT molecular complexity index is 410. The molecule has 4 N–H and O–H groups in total. The largest absolute Gasteiger partial charge is 0.496 e. The molecule has 0 heterocycles. The third-order valence-electron chi connectivity index (χ3n) is 2.34. The van der Waals surface area contributed by atoms with Crippen LogP contribution in [-0.2, 0) is 11.2 Å². The van der Waals surface area contributed by atoms with Gasteiger partial charge < -0.3 is 10.5 Å². The van der Waals surface area contributed by atoms with Gasteiger partial charge in [0, 0.05) is 7.05 Å². The van der Waals surface area contributed by atoms with Gasteiger partial charge in [-0.2, -0.15) is 0 Å². The third-order valence-corrected chi connectivity index (χ3v) is 2.96. The van der Waals surface area contributed by atoms with Gasteiger partial charge in [0.25, 0.3) is 5.91 Å². The maximum atomic E-state index is 11.5. The van der Waals surface area contributed by atoms with Gasteiger partial charge in [0.2, 0.25) is 0 Å². The number of hydrogen-bond acceptors (Lipinski definition) is 4. The summed E-state index contributed by atoms with van der Waals surface area (Å²) in [6, 6.07) is 4.93. The van der Waals surface area contributed by atoms with E-state index in [2.05, 4.69) is 15.9 Å². The molecule has 0 aliphatic carbocycles. The zero-order chi connectivity index (χ0) is 13.0. The molecule has 0 bridgehead atoms. The van der Waals surface area contributed by atoms with Crippen molar-refractivity contribution < 1.29 is 9.53 Å². The summed E-state index contributed by atoms with van der Waals surface area (Å²) in [7, 11) is 3.07. The monoisotopic (exact) mass is 301 g/mol. The molecule has 0 saturated heterocycles. The minimum absolute atomic E-state index is 0.294. The summed E-state index contributed by atoms with van der Waals surface area (Å²) in [5, 5.41) is 1.00. The number of hydrazine groups is 1. The molecule has 0 saturated carbocycles. The highest BCUT2D eigenvalue weighted by molar-refractivity contribution is 9.10. The van der Waals surface area contributed by atoms with Crippen LogP contribution in [0.1, 0.15) is 5.56 Å². The van der Waals surface area contributed by atoms with Crippen molar-refractivity contribution in [1.82, 2.24) is 5.01 Å². The second-order valence-corrected chi connectivity index (χ2v) is 4.58. The second-order valence-electron chi connectivity index (χ2n) is 3.73. The summed E-state index contributed by atoms with van der Waals surface area (Å²) >= 11 is 3.38. The Morgan fingerprint density at radius 1 is 1.59 bits per heavy atom. The lowest BCUT2D eigenvalue weighted by molar-refractivity contribution is -0.131. The van der Waals surface area contributed by atoms with Crippen molar-refractivity contribution in [2.24, 2.45) is 11.6 Å². The molecule has 0 aliphatic heterocycles. The molecule has 0 aromatic heterocycles. The summed E-state index contributed by atoms with van der Waals surface area (Å²) in [5.41, 5.74) is 6.70. The average molecular weight is 302 g/mol. The smallest absolute Gasteiger partial charge is 0.253 e. The Hall–Kier alpha value is -1.11. The number of hydrogen-bond donors (Lipinski definition) is 2. The van der Waals surface area contributed by atoms with Crippen LogP contribution in [0.3, 0.4) is 0 Å². The normalized spacial score (nSPS) is 12.1. The van der Waals surface area contributed by atoms with Crippen molar-refractivity contribution >= 4 is 21.8 Å². The van der Waals surface area contributed by atoms with Gasteiger partial charge in [-0.1, -0.05) is 6.07 Å². The molecular weight excluding hydrogens is 286 g/mol. The van der Waals surface area contributed by atoms with E-state index in [0.29, 0.717) is 6.42 Å². The van der Waals surface area contributed by atoms with Crippen LogP contribution in [0, 0.1) is 0 Å². The SMILES string of the molecule is COc1ccc(CC(N)C(=O)N(C)N)cc1Br. The molecule has 5 nitrogen and oxygen atoms in total. The highest BCUT2D eigenvalue weighted by Gasteiger charge is 2.16. The number of carbonyl (C=O) groups excluding carboxylic acids is 1. The fourth-order valence-corrected chi connectivity index (χ4v) is 2.03. The number of nitrogens with zero attached hydrogens (tertiary/aromatic N) is 1. The van der Waals surface area contributed by atoms with Gasteiger partial charge in [0.15, 0.2) is 0 Å². The van der Waals surface area contributed by atoms with Crippen LogP contribution in [-0.4, -0.2) is 31.1 Å². The lowest BCUT2D eigenvalue weighted by Crippen LogP contribution is -2.46. The topological polar surface area (TPSA) is 81.6 Å². The first-order valence-corrected chi connectivity index (χ1v) is 5.85. The number of carbonyl (C=O) groups is 1. The van der Waals surface area contributed by atoms with E-state index in [1.807, 2.05) is 18.2 Å². The van der Waals surface area contributed by atoms with Crippen molar-refractivity contribution in [3.8, 4) is 5.75 Å². The van der Waals surface area contributed by atoms with Gasteiger partial charge in [-0.05, 0) is 40.0 Å². The number of halogens is 1. The van der Waals surface area contributed by atoms with Crippen LogP contribution in [0.15, 0.2) is 22.7 Å². The van der Waals surface area contributed by atoms with E-state index in [1.54, 1.807) is 7.11 Å². The summed E-state index contributed by atoms with van der Waals surface area (Å²) < 4.78 is 5.95. The van der Waals surface area contributed by atoms with Crippen molar-refractivity contribution in [1.29, 1.82) is 0 Å². The average Bonchev–Trinajstić information content (AvgIpc) is 2.28. The van der Waals surface area contributed by atoms with Crippen LogP contribution in [0.4, 0.5) is 0 Å². The predicted molar refractivity (Wildman–Crippen MR) is 69.3 cm³/mol. The first-order chi connectivity index (χ1) is 7.95. The zero-order valence-corrected chi connectivity index (χ0v) is 11.4. The van der Waals surface area contributed by atoms with E-state index in [0.717, 1.165) is 20.8 Å². The van der Waals surface area contributed by atoms with E-state index in [-0.39, 0.29) is 5.91 Å². The molecule has 0 radical (unpaired) electrons. The summed E-state index contributed by atoms with van der Waals surface area (Å²) in [4.78, 5) is 11.5. The van der Waals surface area contributed by atoms with Crippen molar-refractivity contribution in [3.05, 3.63) is 28.2 Å². The Morgan fingerprint density at radius 3 is 2.71 bits per heavy atom. The quantitative estimate of drug-likeness (QED) is 0.486. The number of likely N-dealkylation sites (N-methyl/N-ethyl adjacent to an activating group) is 1. The van der Waals surface area contributed by atoms with Crippen molar-refractivity contribution in [3.63, 3.8) is 0 Å². The summed E-state index contributed by atoms with van der Waals surface area (Å²) in [5.74, 6) is 5.79. The molecule has 0 spiro atoms. The maximum absolute atomic E-state index is 11.5. The summed E-state index contributed by atoms with van der Waals surface area (Å²) in [6.45, 7) is 0. The molecule has 94 valence electrons. The van der Waals surface area contributed by atoms with Crippen LogP contribution >= 0.6 is 15.9 Å². The number of amides is 1. The fraction of sp³-hybridized carbons (Fsp3) is 0.364. The predicted octanol–water partition coefficient (Wildman–Crippen LogP) is 0.660. The molecule has 0 fully saturated rings. The second kappa shape index (κ2) is 6.00. The zero-order valence-electron chi connectivity index (χ0n) is 9.81. The van der Waals surface area contributed by atoms with Crippen molar-refractivity contribution in [2.75, 3.05) is 14.2 Å². The lowest BCUT2D eigenvalue weighted by Gasteiger charge is -2.16. The Morgan fingerprint density at radius 2 is 2.24 bits per heavy atom. The molecular formula is C11H16BrN3O2. The van der Waals surface area contributed by atoms with Crippen molar-refractivity contribution in [2.45, 2.75) is 12.5 Å². The molecule has 6 heteroatoms. The molecule has 1 atom stereocenters. The van der Waals surface area contributed by atoms with E-state index < -0.39 is 6.04 Å². The Balaban J connectivity index is 2.75. The number of rotatable bonds is 4. The molecule has 1 amide bonds. The number of nitrogens with two attached hydrogens (primary N) is 2. The third kappa shape index (κ3) is 3.69. The van der Waals surface area contributed by atoms with E-state index in [1.165, 1.54) is 7.05 Å². The molecule has 1 unspecified atom stereocenters. The van der Waals surface area contributed by atoms with Crippen LogP contribution < -0.4 is 16.3 Å². The molecule has 1 aromatic rings. The minimum atomic E-state index is -0.634. The van der Waals surface area contributed by atoms with Crippen LogP contribution in [0.5, 0.6) is 5.75 Å². The number of methoxy groups -OCH3 is 1. The molecule has 1 rings (SSSR count). The Labute approximate surface area is 109 Å². The van der Waals surface area contributed by atoms with Crippen LogP contribution in [0.2, 0.25) is 0 Å². The number of benzene rings is 1. The molecule has 17 heavy (non-hydrogen) atoms. The fourth-order valence-electron chi connectivity index (χ4n) is 1.44. The number of ether oxygens (including phenoxy) is 1. The lowest BCUT2D eigenvalue weighted by atomic mass is 10.1. The van der Waals surface area contributed by atoms with E-state index in [9.17, 15) is 4.79 Å². The van der Waals surface area contributed by atoms with Gasteiger partial charge in [-0.15, -0.1) is 0 Å². The first kappa shape index (κ1) is 14.0. The Kier molecular flexibility index (Phi) is 4.92. The highest BCUT2D eigenvalue weighted by atomic mass is 79.9. The van der Waals surface area contributed by atoms with Gasteiger partial charge in [0.05, 0.1) is 17.6 Å². The van der Waals surface area contributed by atoms with Gasteiger partial charge >= 0.3 is 0 Å². The molecule has 0 aliphatic rings. The molecule has 1 aromatic carbocycles. The standard InChI is InChI=1S/C11H16BrN3O2/c1-15(14)11(16)9(13)6-7-3-4-10(17-2)8(12)5-7/h3-5,9H,6,13-14H2,1-2H3. The van der Waals surface area contributed by atoms with Gasteiger partial charge in [0.1, 0.15) is 5.75 Å².